The lowest BCUT2D eigenvalue weighted by molar-refractivity contribution is 0.0463. The number of nitrogens with zero attached hydrogens (tertiary/aromatic N) is 2. The number of benzene rings is 1. The molecular weight excluding hydrogens is 359 g/mol. The molecule has 9 heteroatoms. The number of nitrogens with two attached hydrogens (primary N) is 2. The minimum atomic E-state index is -0.812. The van der Waals surface area contributed by atoms with Gasteiger partial charge in [-0.1, -0.05) is 0 Å². The number of aromatic nitrogens is 2. The van der Waals surface area contributed by atoms with Gasteiger partial charge >= 0.3 is 5.97 Å². The maximum absolute atomic E-state index is 14.0. The Kier molecular flexibility index (Phi) is 4.64. The number of carbonyl (C=O) groups is 1. The highest BCUT2D eigenvalue weighted by atomic mass is 32.1. The Hall–Kier alpha value is -2.94. The molecule has 3 aromatic rings. The van der Waals surface area contributed by atoms with Gasteiger partial charge in [-0.05, 0) is 31.5 Å². The molecule has 2 aromatic heterocycles. The molecular formula is C17H17FN4O3S. The van der Waals surface area contributed by atoms with Gasteiger partial charge in [0.25, 0.3) is 0 Å². The van der Waals surface area contributed by atoms with Crippen LogP contribution in [-0.2, 0) is 11.3 Å². The van der Waals surface area contributed by atoms with E-state index in [1.807, 2.05) is 13.8 Å². The summed E-state index contributed by atoms with van der Waals surface area (Å²) in [5.74, 6) is -1.06. The largest absolute Gasteiger partial charge is 0.494 e. The van der Waals surface area contributed by atoms with E-state index in [4.69, 9.17) is 20.9 Å². The van der Waals surface area contributed by atoms with Gasteiger partial charge in [-0.2, -0.15) is 0 Å². The summed E-state index contributed by atoms with van der Waals surface area (Å²) in [6, 6.07) is 2.64. The molecule has 0 bridgehead atoms. The SMILES string of the molecule is COc1ccc(C(=O)OCc2nc(N)c3c(C)c(C)sc3n2)c(N)c1F. The van der Waals surface area contributed by atoms with Crippen LogP contribution in [0.1, 0.15) is 26.6 Å². The molecule has 7 nitrogen and oxygen atoms in total. The summed E-state index contributed by atoms with van der Waals surface area (Å²) in [7, 11) is 1.31. The number of carbonyl (C=O) groups excluding carboxylic acids is 1. The molecule has 0 aliphatic heterocycles. The minimum absolute atomic E-state index is 0.0518. The van der Waals surface area contributed by atoms with Gasteiger partial charge in [-0.25, -0.2) is 19.2 Å². The summed E-state index contributed by atoms with van der Waals surface area (Å²) in [5.41, 5.74) is 12.2. The van der Waals surface area contributed by atoms with Gasteiger partial charge in [0.15, 0.2) is 24.0 Å². The van der Waals surface area contributed by atoms with Crippen molar-refractivity contribution in [1.29, 1.82) is 0 Å². The number of ether oxygens (including phenoxy) is 2. The standard InChI is InChI=1S/C17H17FN4O3S/c1-7-8(2)26-16-12(7)15(20)21-11(22-16)6-25-17(23)9-4-5-10(24-3)13(18)14(9)19/h4-5H,6,19H2,1-3H3,(H2,20,21,22). The van der Waals surface area contributed by atoms with Crippen LogP contribution in [0.4, 0.5) is 15.9 Å². The molecule has 0 spiro atoms. The highest BCUT2D eigenvalue weighted by Crippen LogP contribution is 2.32. The molecule has 0 unspecified atom stereocenters. The van der Waals surface area contributed by atoms with Crippen LogP contribution < -0.4 is 16.2 Å². The van der Waals surface area contributed by atoms with Crippen LogP contribution >= 0.6 is 11.3 Å². The summed E-state index contributed by atoms with van der Waals surface area (Å²) < 4.78 is 23.9. The quantitative estimate of drug-likeness (QED) is 0.531. The van der Waals surface area contributed by atoms with E-state index in [9.17, 15) is 9.18 Å². The highest BCUT2D eigenvalue weighted by molar-refractivity contribution is 7.18. The fraction of sp³-hybridized carbons (Fsp3) is 0.235. The van der Waals surface area contributed by atoms with Crippen molar-refractivity contribution in [3.63, 3.8) is 0 Å². The first-order valence-electron chi connectivity index (χ1n) is 7.64. The van der Waals surface area contributed by atoms with E-state index in [-0.39, 0.29) is 29.4 Å². The highest BCUT2D eigenvalue weighted by Gasteiger charge is 2.19. The molecule has 26 heavy (non-hydrogen) atoms. The van der Waals surface area contributed by atoms with Crippen LogP contribution in [-0.4, -0.2) is 23.0 Å². The maximum Gasteiger partial charge on any atom is 0.340 e. The number of halogens is 1. The molecule has 3 rings (SSSR count). The van der Waals surface area contributed by atoms with Gasteiger partial charge in [0.2, 0.25) is 0 Å². The molecule has 0 fully saturated rings. The smallest absolute Gasteiger partial charge is 0.340 e. The Bertz CT molecular complexity index is 1020. The lowest BCUT2D eigenvalue weighted by Gasteiger charge is -2.10. The van der Waals surface area contributed by atoms with Crippen molar-refractivity contribution in [2.75, 3.05) is 18.6 Å². The summed E-state index contributed by atoms with van der Waals surface area (Å²) in [6.07, 6.45) is 0. The first-order valence-corrected chi connectivity index (χ1v) is 8.46. The first-order chi connectivity index (χ1) is 12.3. The molecule has 0 amide bonds. The molecule has 0 atom stereocenters. The number of esters is 1. The van der Waals surface area contributed by atoms with Gasteiger partial charge in [0.05, 0.1) is 23.7 Å². The Balaban J connectivity index is 1.82. The van der Waals surface area contributed by atoms with E-state index in [1.165, 1.54) is 30.6 Å². The van der Waals surface area contributed by atoms with Crippen molar-refractivity contribution >= 4 is 39.0 Å². The van der Waals surface area contributed by atoms with E-state index >= 15 is 0 Å². The van der Waals surface area contributed by atoms with Crippen LogP contribution in [0.15, 0.2) is 12.1 Å². The van der Waals surface area contributed by atoms with Crippen molar-refractivity contribution in [3.8, 4) is 5.75 Å². The Labute approximate surface area is 152 Å². The molecule has 0 aliphatic carbocycles. The number of fused-ring (bicyclic) bond motifs is 1. The number of methoxy groups -OCH3 is 1. The normalized spacial score (nSPS) is 10.9. The lowest BCUT2D eigenvalue weighted by atomic mass is 10.1. The summed E-state index contributed by atoms with van der Waals surface area (Å²) in [6.45, 7) is 3.72. The average molecular weight is 376 g/mol. The zero-order chi connectivity index (χ0) is 19.0. The van der Waals surface area contributed by atoms with Crippen molar-refractivity contribution in [1.82, 2.24) is 9.97 Å². The number of aryl methyl sites for hydroxylation is 2. The summed E-state index contributed by atoms with van der Waals surface area (Å²) in [5, 5.41) is 0.809. The van der Waals surface area contributed by atoms with Crippen LogP contribution in [0.5, 0.6) is 5.75 Å². The third-order valence-electron chi connectivity index (χ3n) is 4.02. The number of thiophene rings is 1. The number of hydrogen-bond acceptors (Lipinski definition) is 8. The number of anilines is 2. The molecule has 2 heterocycles. The molecule has 0 radical (unpaired) electrons. The second-order valence-electron chi connectivity index (χ2n) is 5.61. The zero-order valence-corrected chi connectivity index (χ0v) is 15.2. The van der Waals surface area contributed by atoms with E-state index in [2.05, 4.69) is 9.97 Å². The van der Waals surface area contributed by atoms with Crippen molar-refractivity contribution in [3.05, 3.63) is 39.8 Å². The second kappa shape index (κ2) is 6.75. The number of hydrogen-bond donors (Lipinski definition) is 2. The van der Waals surface area contributed by atoms with Crippen molar-refractivity contribution in [2.45, 2.75) is 20.5 Å². The molecule has 0 saturated carbocycles. The fourth-order valence-electron chi connectivity index (χ4n) is 2.51. The summed E-state index contributed by atoms with van der Waals surface area (Å²) >= 11 is 1.49. The van der Waals surface area contributed by atoms with Crippen LogP contribution in [0.25, 0.3) is 10.2 Å². The first kappa shape index (κ1) is 17.9. The maximum atomic E-state index is 14.0. The zero-order valence-electron chi connectivity index (χ0n) is 14.4. The van der Waals surface area contributed by atoms with Gasteiger partial charge < -0.3 is 20.9 Å². The van der Waals surface area contributed by atoms with E-state index in [0.29, 0.717) is 5.82 Å². The van der Waals surface area contributed by atoms with E-state index < -0.39 is 11.8 Å². The Morgan fingerprint density at radius 1 is 1.27 bits per heavy atom. The lowest BCUT2D eigenvalue weighted by Crippen LogP contribution is -2.12. The number of nitrogen functional groups attached to an aromatic ring is 2. The fourth-order valence-corrected chi connectivity index (χ4v) is 3.56. The van der Waals surface area contributed by atoms with Gasteiger partial charge in [0.1, 0.15) is 10.6 Å². The molecule has 136 valence electrons. The molecule has 0 saturated heterocycles. The van der Waals surface area contributed by atoms with E-state index in [0.717, 1.165) is 20.7 Å². The van der Waals surface area contributed by atoms with Crippen molar-refractivity contribution in [2.24, 2.45) is 0 Å². The molecule has 0 aliphatic rings. The predicted molar refractivity (Wildman–Crippen MR) is 97.8 cm³/mol. The third kappa shape index (κ3) is 3.01. The van der Waals surface area contributed by atoms with Gasteiger partial charge in [-0.15, -0.1) is 11.3 Å². The summed E-state index contributed by atoms with van der Waals surface area (Å²) in [4.78, 5) is 22.6. The molecule has 4 N–H and O–H groups in total. The number of rotatable bonds is 4. The molecule has 1 aromatic carbocycles. The van der Waals surface area contributed by atoms with Crippen LogP contribution in [0.3, 0.4) is 0 Å². The topological polar surface area (TPSA) is 113 Å². The van der Waals surface area contributed by atoms with Gasteiger partial charge in [0, 0.05) is 4.88 Å². The van der Waals surface area contributed by atoms with Gasteiger partial charge in [-0.3, -0.25) is 0 Å². The Morgan fingerprint density at radius 3 is 2.69 bits per heavy atom. The predicted octanol–water partition coefficient (Wildman–Crippen LogP) is 2.98. The second-order valence-corrected chi connectivity index (χ2v) is 6.81. The van der Waals surface area contributed by atoms with Crippen LogP contribution in [0, 0.1) is 19.7 Å². The van der Waals surface area contributed by atoms with Crippen LogP contribution in [0.2, 0.25) is 0 Å². The monoisotopic (exact) mass is 376 g/mol. The average Bonchev–Trinajstić information content (AvgIpc) is 2.89. The Morgan fingerprint density at radius 2 is 2.00 bits per heavy atom. The van der Waals surface area contributed by atoms with Crippen molar-refractivity contribution < 1.29 is 18.7 Å². The minimum Gasteiger partial charge on any atom is -0.494 e. The van der Waals surface area contributed by atoms with E-state index in [1.54, 1.807) is 0 Å². The third-order valence-corrected chi connectivity index (χ3v) is 5.12.